The standard InChI is InChI=1S/C17H19F2NO/c1-3-21-15-6-4-5-13(9-15)17(20-2)10-12-7-8-14(18)11-16(12)19/h4-9,11,17,20H,3,10H2,1-2H3. The van der Waals surface area contributed by atoms with Gasteiger partial charge in [0.25, 0.3) is 0 Å². The van der Waals surface area contributed by atoms with E-state index in [0.717, 1.165) is 17.4 Å². The summed E-state index contributed by atoms with van der Waals surface area (Å²) >= 11 is 0. The van der Waals surface area contributed by atoms with Gasteiger partial charge in [0, 0.05) is 12.1 Å². The summed E-state index contributed by atoms with van der Waals surface area (Å²) in [6.45, 7) is 2.52. The van der Waals surface area contributed by atoms with Gasteiger partial charge in [0.1, 0.15) is 17.4 Å². The fraction of sp³-hybridized carbons (Fsp3) is 0.294. The minimum atomic E-state index is -0.560. The van der Waals surface area contributed by atoms with Gasteiger partial charge >= 0.3 is 0 Å². The molecule has 2 nitrogen and oxygen atoms in total. The van der Waals surface area contributed by atoms with Crippen LogP contribution >= 0.6 is 0 Å². The predicted molar refractivity (Wildman–Crippen MR) is 79.5 cm³/mol. The van der Waals surface area contributed by atoms with Crippen molar-refractivity contribution in [2.24, 2.45) is 0 Å². The summed E-state index contributed by atoms with van der Waals surface area (Å²) in [5.74, 6) is -0.290. The first-order chi connectivity index (χ1) is 10.1. The van der Waals surface area contributed by atoms with Crippen LogP contribution in [-0.2, 0) is 6.42 Å². The van der Waals surface area contributed by atoms with Crippen molar-refractivity contribution < 1.29 is 13.5 Å². The van der Waals surface area contributed by atoms with E-state index in [-0.39, 0.29) is 6.04 Å². The molecular weight excluding hydrogens is 272 g/mol. The number of halogens is 2. The van der Waals surface area contributed by atoms with Crippen molar-refractivity contribution in [2.75, 3.05) is 13.7 Å². The number of benzene rings is 2. The number of ether oxygens (including phenoxy) is 1. The number of nitrogens with one attached hydrogen (secondary N) is 1. The lowest BCUT2D eigenvalue weighted by Gasteiger charge is -2.18. The number of likely N-dealkylation sites (N-methyl/N-ethyl adjacent to an activating group) is 1. The first-order valence-corrected chi connectivity index (χ1v) is 6.98. The molecule has 2 aromatic carbocycles. The molecule has 1 N–H and O–H groups in total. The van der Waals surface area contributed by atoms with Gasteiger partial charge in [-0.05, 0) is 49.7 Å². The summed E-state index contributed by atoms with van der Waals surface area (Å²) in [6, 6.07) is 11.3. The molecule has 0 aliphatic carbocycles. The molecule has 0 heterocycles. The van der Waals surface area contributed by atoms with Crippen LogP contribution < -0.4 is 10.1 Å². The van der Waals surface area contributed by atoms with Crippen molar-refractivity contribution in [1.29, 1.82) is 0 Å². The number of hydrogen-bond donors (Lipinski definition) is 1. The quantitative estimate of drug-likeness (QED) is 0.872. The van der Waals surface area contributed by atoms with E-state index < -0.39 is 11.6 Å². The van der Waals surface area contributed by atoms with Crippen molar-refractivity contribution in [1.82, 2.24) is 5.32 Å². The maximum absolute atomic E-state index is 13.8. The predicted octanol–water partition coefficient (Wildman–Crippen LogP) is 3.87. The lowest BCUT2D eigenvalue weighted by molar-refractivity contribution is 0.339. The molecule has 1 atom stereocenters. The van der Waals surface area contributed by atoms with Crippen LogP contribution in [0.3, 0.4) is 0 Å². The largest absolute Gasteiger partial charge is 0.494 e. The highest BCUT2D eigenvalue weighted by Crippen LogP contribution is 2.23. The molecule has 0 radical (unpaired) electrons. The van der Waals surface area contributed by atoms with Crippen molar-refractivity contribution in [2.45, 2.75) is 19.4 Å². The van der Waals surface area contributed by atoms with Crippen LogP contribution in [0.1, 0.15) is 24.1 Å². The van der Waals surface area contributed by atoms with Crippen LogP contribution in [0, 0.1) is 11.6 Å². The molecule has 0 aliphatic rings. The molecule has 112 valence electrons. The minimum absolute atomic E-state index is 0.0645. The average molecular weight is 291 g/mol. The van der Waals surface area contributed by atoms with E-state index in [2.05, 4.69) is 5.32 Å². The molecule has 0 bridgehead atoms. The van der Waals surface area contributed by atoms with Crippen LogP contribution in [0.15, 0.2) is 42.5 Å². The molecule has 0 saturated heterocycles. The summed E-state index contributed by atoms with van der Waals surface area (Å²) in [6.07, 6.45) is 0.443. The number of hydrogen-bond acceptors (Lipinski definition) is 2. The van der Waals surface area contributed by atoms with Gasteiger partial charge in [-0.3, -0.25) is 0 Å². The molecule has 4 heteroatoms. The fourth-order valence-electron chi connectivity index (χ4n) is 2.28. The Bertz CT molecular complexity index is 601. The van der Waals surface area contributed by atoms with E-state index in [4.69, 9.17) is 4.74 Å². The van der Waals surface area contributed by atoms with Gasteiger partial charge in [0.05, 0.1) is 6.61 Å². The van der Waals surface area contributed by atoms with Gasteiger partial charge < -0.3 is 10.1 Å². The molecule has 0 amide bonds. The average Bonchev–Trinajstić information content (AvgIpc) is 2.47. The lowest BCUT2D eigenvalue weighted by Crippen LogP contribution is -2.19. The van der Waals surface area contributed by atoms with Crippen LogP contribution in [0.25, 0.3) is 0 Å². The van der Waals surface area contributed by atoms with E-state index in [0.29, 0.717) is 18.6 Å². The van der Waals surface area contributed by atoms with Crippen LogP contribution in [0.4, 0.5) is 8.78 Å². The third kappa shape index (κ3) is 4.02. The Kier molecular flexibility index (Phi) is 5.28. The zero-order chi connectivity index (χ0) is 15.2. The van der Waals surface area contributed by atoms with Gasteiger partial charge in [-0.15, -0.1) is 0 Å². The van der Waals surface area contributed by atoms with Gasteiger partial charge in [0.15, 0.2) is 0 Å². The van der Waals surface area contributed by atoms with Crippen LogP contribution in [-0.4, -0.2) is 13.7 Å². The van der Waals surface area contributed by atoms with E-state index in [1.165, 1.54) is 12.1 Å². The maximum atomic E-state index is 13.8. The second-order valence-electron chi connectivity index (χ2n) is 4.79. The smallest absolute Gasteiger partial charge is 0.129 e. The summed E-state index contributed by atoms with van der Waals surface area (Å²) < 4.78 is 32.2. The molecule has 2 aromatic rings. The van der Waals surface area contributed by atoms with Crippen LogP contribution in [0.5, 0.6) is 5.75 Å². The molecule has 21 heavy (non-hydrogen) atoms. The molecule has 0 fully saturated rings. The Labute approximate surface area is 123 Å². The molecule has 1 unspecified atom stereocenters. The van der Waals surface area contributed by atoms with Crippen LogP contribution in [0.2, 0.25) is 0 Å². The third-order valence-electron chi connectivity index (χ3n) is 3.36. The topological polar surface area (TPSA) is 21.3 Å². The Balaban J connectivity index is 2.21. The van der Waals surface area contributed by atoms with E-state index in [1.54, 1.807) is 0 Å². The lowest BCUT2D eigenvalue weighted by atomic mass is 9.98. The first kappa shape index (κ1) is 15.4. The Morgan fingerprint density at radius 1 is 1.14 bits per heavy atom. The monoisotopic (exact) mass is 291 g/mol. The normalized spacial score (nSPS) is 12.2. The first-order valence-electron chi connectivity index (χ1n) is 6.98. The van der Waals surface area contributed by atoms with E-state index >= 15 is 0 Å². The maximum Gasteiger partial charge on any atom is 0.129 e. The van der Waals surface area contributed by atoms with Crippen molar-refractivity contribution >= 4 is 0 Å². The zero-order valence-corrected chi connectivity index (χ0v) is 12.2. The summed E-state index contributed by atoms with van der Waals surface area (Å²) in [5.41, 5.74) is 1.49. The van der Waals surface area contributed by atoms with E-state index in [1.807, 2.05) is 38.2 Å². The molecule has 0 saturated carbocycles. The van der Waals surface area contributed by atoms with Crippen molar-refractivity contribution in [3.05, 3.63) is 65.2 Å². The third-order valence-corrected chi connectivity index (χ3v) is 3.36. The second kappa shape index (κ2) is 7.18. The highest BCUT2D eigenvalue weighted by Gasteiger charge is 2.14. The number of rotatable bonds is 6. The summed E-state index contributed by atoms with van der Waals surface area (Å²) in [7, 11) is 1.82. The fourth-order valence-corrected chi connectivity index (χ4v) is 2.28. The van der Waals surface area contributed by atoms with Crippen molar-refractivity contribution in [3.63, 3.8) is 0 Å². The van der Waals surface area contributed by atoms with Gasteiger partial charge in [-0.25, -0.2) is 8.78 Å². The Morgan fingerprint density at radius 3 is 2.62 bits per heavy atom. The van der Waals surface area contributed by atoms with Gasteiger partial charge in [-0.2, -0.15) is 0 Å². The highest BCUT2D eigenvalue weighted by molar-refractivity contribution is 5.32. The van der Waals surface area contributed by atoms with Crippen molar-refractivity contribution in [3.8, 4) is 5.75 Å². The Hall–Kier alpha value is -1.94. The second-order valence-corrected chi connectivity index (χ2v) is 4.79. The minimum Gasteiger partial charge on any atom is -0.494 e. The zero-order valence-electron chi connectivity index (χ0n) is 12.2. The molecule has 0 aliphatic heterocycles. The van der Waals surface area contributed by atoms with Gasteiger partial charge in [-0.1, -0.05) is 18.2 Å². The Morgan fingerprint density at radius 2 is 1.95 bits per heavy atom. The molecule has 2 rings (SSSR count). The van der Waals surface area contributed by atoms with E-state index in [9.17, 15) is 8.78 Å². The molecular formula is C17H19F2NO. The van der Waals surface area contributed by atoms with Gasteiger partial charge in [0.2, 0.25) is 0 Å². The SMILES string of the molecule is CCOc1cccc(C(Cc2ccc(F)cc2F)NC)c1. The summed E-state index contributed by atoms with van der Waals surface area (Å²) in [5, 5.41) is 3.16. The molecule has 0 spiro atoms. The highest BCUT2D eigenvalue weighted by atomic mass is 19.1. The molecule has 0 aromatic heterocycles. The summed E-state index contributed by atoms with van der Waals surface area (Å²) in [4.78, 5) is 0.